The summed E-state index contributed by atoms with van der Waals surface area (Å²) < 4.78 is 0. The molecule has 0 saturated heterocycles. The summed E-state index contributed by atoms with van der Waals surface area (Å²) in [6.07, 6.45) is -0.0498. The zero-order valence-corrected chi connectivity index (χ0v) is 9.51. The van der Waals surface area contributed by atoms with E-state index in [9.17, 15) is 5.11 Å². The lowest BCUT2D eigenvalue weighted by Crippen LogP contribution is -1.94. The molecular formula is C16H14O. The summed E-state index contributed by atoms with van der Waals surface area (Å²) >= 11 is 0. The van der Waals surface area contributed by atoms with Crippen molar-refractivity contribution in [2.45, 2.75) is 12.5 Å². The fraction of sp³-hybridized carbons (Fsp3) is 0.125. The first-order valence-electron chi connectivity index (χ1n) is 5.63. The first kappa shape index (κ1) is 11.4. The lowest BCUT2D eigenvalue weighted by atomic mass is 10.1. The minimum atomic E-state index is -0.507. The molecule has 0 aliphatic rings. The molecule has 0 aromatic heterocycles. The molecule has 1 nitrogen and oxygen atoms in total. The highest BCUT2D eigenvalue weighted by atomic mass is 16.3. The Balaban J connectivity index is 1.98. The average Bonchev–Trinajstić information content (AvgIpc) is 2.41. The van der Waals surface area contributed by atoms with Gasteiger partial charge in [0.15, 0.2) is 0 Å². The monoisotopic (exact) mass is 222 g/mol. The van der Waals surface area contributed by atoms with Crippen molar-refractivity contribution in [1.82, 2.24) is 0 Å². The summed E-state index contributed by atoms with van der Waals surface area (Å²) in [5.41, 5.74) is 1.89. The first-order chi connectivity index (χ1) is 8.36. The Bertz CT molecular complexity index is 505. The normalized spacial score (nSPS) is 11.4. The highest BCUT2D eigenvalue weighted by molar-refractivity contribution is 5.34. The zero-order valence-electron chi connectivity index (χ0n) is 9.51. The lowest BCUT2D eigenvalue weighted by Gasteiger charge is -2.05. The number of benzene rings is 2. The molecule has 1 N–H and O–H groups in total. The van der Waals surface area contributed by atoms with Crippen LogP contribution in [-0.2, 0) is 0 Å². The van der Waals surface area contributed by atoms with E-state index in [4.69, 9.17) is 0 Å². The molecule has 1 atom stereocenters. The lowest BCUT2D eigenvalue weighted by molar-refractivity contribution is 0.184. The Kier molecular flexibility index (Phi) is 3.96. The minimum Gasteiger partial charge on any atom is -0.387 e. The molecule has 0 fully saturated rings. The average molecular weight is 222 g/mol. The molecule has 0 unspecified atom stereocenters. The van der Waals surface area contributed by atoms with E-state index >= 15 is 0 Å². The second-order valence-corrected chi connectivity index (χ2v) is 3.80. The summed E-state index contributed by atoms with van der Waals surface area (Å²) in [4.78, 5) is 0. The van der Waals surface area contributed by atoms with Gasteiger partial charge in [-0.2, -0.15) is 0 Å². The number of rotatable bonds is 2. The van der Waals surface area contributed by atoms with Crippen molar-refractivity contribution in [3.8, 4) is 11.8 Å². The number of aliphatic hydroxyl groups is 1. The minimum absolute atomic E-state index is 0.457. The highest BCUT2D eigenvalue weighted by Crippen LogP contribution is 2.14. The standard InChI is InChI=1S/C16H14O/c17-16(15-11-5-2-6-12-15)13-7-10-14-8-3-1-4-9-14/h1-6,8-9,11-12,16-17H,13H2/t16-/m1/s1. The molecule has 0 heterocycles. The van der Waals surface area contributed by atoms with E-state index in [0.29, 0.717) is 6.42 Å². The molecule has 2 aromatic carbocycles. The van der Waals surface area contributed by atoms with Crippen LogP contribution in [0.3, 0.4) is 0 Å². The zero-order chi connectivity index (χ0) is 11.9. The summed E-state index contributed by atoms with van der Waals surface area (Å²) in [5, 5.41) is 9.90. The van der Waals surface area contributed by atoms with Gasteiger partial charge in [-0.05, 0) is 17.7 Å². The summed E-state index contributed by atoms with van der Waals surface area (Å²) in [6, 6.07) is 19.4. The van der Waals surface area contributed by atoms with Crippen molar-refractivity contribution in [3.05, 3.63) is 71.8 Å². The van der Waals surface area contributed by atoms with E-state index in [2.05, 4.69) is 11.8 Å². The van der Waals surface area contributed by atoms with Gasteiger partial charge in [0.1, 0.15) is 0 Å². The fourth-order valence-electron chi connectivity index (χ4n) is 1.56. The molecule has 0 aliphatic heterocycles. The van der Waals surface area contributed by atoms with Gasteiger partial charge in [0.2, 0.25) is 0 Å². The van der Waals surface area contributed by atoms with E-state index in [1.807, 2.05) is 60.7 Å². The van der Waals surface area contributed by atoms with Crippen LogP contribution >= 0.6 is 0 Å². The summed E-state index contributed by atoms with van der Waals surface area (Å²) in [7, 11) is 0. The van der Waals surface area contributed by atoms with Gasteiger partial charge in [0.05, 0.1) is 6.10 Å². The van der Waals surface area contributed by atoms with Crippen LogP contribution in [0.1, 0.15) is 23.7 Å². The van der Waals surface area contributed by atoms with Gasteiger partial charge >= 0.3 is 0 Å². The first-order valence-corrected chi connectivity index (χ1v) is 5.63. The van der Waals surface area contributed by atoms with Gasteiger partial charge in [-0.25, -0.2) is 0 Å². The molecule has 0 saturated carbocycles. The molecule has 0 amide bonds. The SMILES string of the molecule is O[C@H](CC#Cc1ccccc1)c1ccccc1. The number of aliphatic hydroxyl groups excluding tert-OH is 1. The van der Waals surface area contributed by atoms with Gasteiger partial charge in [-0.15, -0.1) is 0 Å². The molecule has 2 aromatic rings. The van der Waals surface area contributed by atoms with Gasteiger partial charge < -0.3 is 5.11 Å². The van der Waals surface area contributed by atoms with Crippen molar-refractivity contribution < 1.29 is 5.11 Å². The molecular weight excluding hydrogens is 208 g/mol. The third-order valence-corrected chi connectivity index (χ3v) is 2.49. The van der Waals surface area contributed by atoms with Crippen molar-refractivity contribution >= 4 is 0 Å². The van der Waals surface area contributed by atoms with E-state index in [-0.39, 0.29) is 0 Å². The summed E-state index contributed by atoms with van der Waals surface area (Å²) in [6.45, 7) is 0. The molecule has 0 aliphatic carbocycles. The van der Waals surface area contributed by atoms with Crippen LogP contribution in [-0.4, -0.2) is 5.11 Å². The Morgan fingerprint density at radius 1 is 0.882 bits per heavy atom. The number of hydrogen-bond donors (Lipinski definition) is 1. The third kappa shape index (κ3) is 3.48. The van der Waals surface area contributed by atoms with Crippen LogP contribution < -0.4 is 0 Å². The maximum absolute atomic E-state index is 9.90. The Labute approximate surface area is 102 Å². The predicted molar refractivity (Wildman–Crippen MR) is 69.3 cm³/mol. The summed E-state index contributed by atoms with van der Waals surface area (Å²) in [5.74, 6) is 6.04. The van der Waals surface area contributed by atoms with Gasteiger partial charge in [-0.3, -0.25) is 0 Å². The van der Waals surface area contributed by atoms with Crippen molar-refractivity contribution in [2.24, 2.45) is 0 Å². The fourth-order valence-corrected chi connectivity index (χ4v) is 1.56. The van der Waals surface area contributed by atoms with Gasteiger partial charge in [0.25, 0.3) is 0 Å². The predicted octanol–water partition coefficient (Wildman–Crippen LogP) is 3.16. The maximum atomic E-state index is 9.90. The van der Waals surface area contributed by atoms with Crippen molar-refractivity contribution in [1.29, 1.82) is 0 Å². The van der Waals surface area contributed by atoms with Crippen LogP contribution in [0.2, 0.25) is 0 Å². The van der Waals surface area contributed by atoms with E-state index in [1.54, 1.807) is 0 Å². The van der Waals surface area contributed by atoms with E-state index < -0.39 is 6.10 Å². The van der Waals surface area contributed by atoms with Crippen LogP contribution in [0.25, 0.3) is 0 Å². The second-order valence-electron chi connectivity index (χ2n) is 3.80. The molecule has 1 heteroatoms. The molecule has 84 valence electrons. The third-order valence-electron chi connectivity index (χ3n) is 2.49. The van der Waals surface area contributed by atoms with Crippen molar-refractivity contribution in [2.75, 3.05) is 0 Å². The van der Waals surface area contributed by atoms with Crippen molar-refractivity contribution in [3.63, 3.8) is 0 Å². The molecule has 17 heavy (non-hydrogen) atoms. The smallest absolute Gasteiger partial charge is 0.0899 e. The Hall–Kier alpha value is -2.04. The maximum Gasteiger partial charge on any atom is 0.0899 e. The quantitative estimate of drug-likeness (QED) is 0.774. The topological polar surface area (TPSA) is 20.2 Å². The largest absolute Gasteiger partial charge is 0.387 e. The second kappa shape index (κ2) is 5.89. The van der Waals surface area contributed by atoms with Crippen LogP contribution in [0.4, 0.5) is 0 Å². The number of hydrogen-bond acceptors (Lipinski definition) is 1. The molecule has 0 radical (unpaired) electrons. The van der Waals surface area contributed by atoms with Gasteiger partial charge in [-0.1, -0.05) is 60.4 Å². The van der Waals surface area contributed by atoms with Crippen LogP contribution in [0.15, 0.2) is 60.7 Å². The van der Waals surface area contributed by atoms with E-state index in [0.717, 1.165) is 11.1 Å². The highest BCUT2D eigenvalue weighted by Gasteiger charge is 2.03. The van der Waals surface area contributed by atoms with Gasteiger partial charge in [0, 0.05) is 12.0 Å². The molecule has 0 bridgehead atoms. The van der Waals surface area contributed by atoms with Crippen LogP contribution in [0.5, 0.6) is 0 Å². The molecule has 2 rings (SSSR count). The Morgan fingerprint density at radius 2 is 1.47 bits per heavy atom. The van der Waals surface area contributed by atoms with E-state index in [1.165, 1.54) is 0 Å². The molecule has 0 spiro atoms. The van der Waals surface area contributed by atoms with Crippen LogP contribution in [0, 0.1) is 11.8 Å². The Morgan fingerprint density at radius 3 is 2.12 bits per heavy atom.